The molecular formula is C20H6F4N2. The first-order valence-corrected chi connectivity index (χ1v) is 7.39. The summed E-state index contributed by atoms with van der Waals surface area (Å²) in [5, 5.41) is 10.8. The minimum absolute atomic E-state index is 0.0352. The Labute approximate surface area is 144 Å². The Balaban J connectivity index is 2.40. The molecule has 6 heteroatoms. The molecule has 0 saturated carbocycles. The molecule has 0 aliphatic carbocycles. The van der Waals surface area contributed by atoms with Gasteiger partial charge in [0.25, 0.3) is 0 Å². The Morgan fingerprint density at radius 3 is 1.35 bits per heavy atom. The first-order valence-electron chi connectivity index (χ1n) is 7.39. The highest BCUT2D eigenvalue weighted by Gasteiger charge is 2.17. The summed E-state index contributed by atoms with van der Waals surface area (Å²) in [5.41, 5.74) is 0.0911. The topological polar surface area (TPSA) is 28.1 Å². The number of halogens is 4. The second kappa shape index (κ2) is 5.44. The van der Waals surface area contributed by atoms with E-state index in [-0.39, 0.29) is 32.8 Å². The minimum Gasteiger partial charge on any atom is -0.237 e. The molecule has 0 N–H and O–H groups in total. The minimum atomic E-state index is -1.12. The third kappa shape index (κ3) is 2.09. The SMILES string of the molecule is [C-]#[N+]c1cc2c3cc(F)c(F)cc3c3cc(F)c(F)cc3c2cc1C#N. The summed E-state index contributed by atoms with van der Waals surface area (Å²) in [5.74, 6) is -4.45. The maximum Gasteiger partial charge on any atom is 0.205 e. The summed E-state index contributed by atoms with van der Waals surface area (Å²) in [4.78, 5) is 3.28. The molecule has 0 aliphatic rings. The number of nitriles is 1. The molecule has 0 fully saturated rings. The molecule has 26 heavy (non-hydrogen) atoms. The fourth-order valence-electron chi connectivity index (χ4n) is 3.20. The third-order valence-electron chi connectivity index (χ3n) is 4.37. The average Bonchev–Trinajstić information content (AvgIpc) is 2.63. The van der Waals surface area contributed by atoms with E-state index in [2.05, 4.69) is 4.85 Å². The monoisotopic (exact) mass is 350 g/mol. The van der Waals surface area contributed by atoms with Crippen LogP contribution in [-0.4, -0.2) is 0 Å². The molecule has 0 aliphatic heterocycles. The zero-order chi connectivity index (χ0) is 18.6. The van der Waals surface area contributed by atoms with Gasteiger partial charge < -0.3 is 0 Å². The lowest BCUT2D eigenvalue weighted by molar-refractivity contribution is 0.510. The summed E-state index contributed by atoms with van der Waals surface area (Å²) in [6.07, 6.45) is 0. The van der Waals surface area contributed by atoms with E-state index >= 15 is 0 Å². The van der Waals surface area contributed by atoms with Crippen LogP contribution in [-0.2, 0) is 0 Å². The number of rotatable bonds is 0. The second-order valence-electron chi connectivity index (χ2n) is 5.76. The maximum absolute atomic E-state index is 13.8. The number of hydrogen-bond acceptors (Lipinski definition) is 1. The Bertz CT molecular complexity index is 1240. The predicted octanol–water partition coefficient (Wildman–Crippen LogP) is 6.13. The van der Waals surface area contributed by atoms with Crippen LogP contribution in [0.2, 0.25) is 0 Å². The van der Waals surface area contributed by atoms with Gasteiger partial charge in [-0.05, 0) is 68.7 Å². The normalized spacial score (nSPS) is 11.0. The van der Waals surface area contributed by atoms with Gasteiger partial charge in [-0.1, -0.05) is 0 Å². The maximum atomic E-state index is 13.8. The lowest BCUT2D eigenvalue weighted by Crippen LogP contribution is -1.92. The zero-order valence-corrected chi connectivity index (χ0v) is 12.9. The summed E-state index contributed by atoms with van der Waals surface area (Å²) < 4.78 is 55.2. The summed E-state index contributed by atoms with van der Waals surface area (Å²) >= 11 is 0. The predicted molar refractivity (Wildman–Crippen MR) is 89.8 cm³/mol. The van der Waals surface area contributed by atoms with Crippen LogP contribution in [0.3, 0.4) is 0 Å². The van der Waals surface area contributed by atoms with Crippen molar-refractivity contribution in [1.29, 1.82) is 5.26 Å². The van der Waals surface area contributed by atoms with Gasteiger partial charge in [-0.3, -0.25) is 0 Å². The molecule has 0 heterocycles. The lowest BCUT2D eigenvalue weighted by Gasteiger charge is -2.12. The van der Waals surface area contributed by atoms with Gasteiger partial charge in [0.15, 0.2) is 23.3 Å². The van der Waals surface area contributed by atoms with Gasteiger partial charge in [0.05, 0.1) is 18.2 Å². The van der Waals surface area contributed by atoms with Gasteiger partial charge in [-0.15, -0.1) is 0 Å². The van der Waals surface area contributed by atoms with Gasteiger partial charge in [-0.25, -0.2) is 22.4 Å². The first-order chi connectivity index (χ1) is 12.4. The molecule has 4 rings (SSSR count). The number of nitrogens with zero attached hydrogens (tertiary/aromatic N) is 2. The van der Waals surface area contributed by atoms with E-state index in [9.17, 15) is 22.8 Å². The van der Waals surface area contributed by atoms with Crippen LogP contribution < -0.4 is 0 Å². The fraction of sp³-hybridized carbons (Fsp3) is 0. The van der Waals surface area contributed by atoms with E-state index in [0.29, 0.717) is 10.8 Å². The van der Waals surface area contributed by atoms with E-state index in [1.54, 1.807) is 0 Å². The molecule has 0 radical (unpaired) electrons. The molecule has 0 unspecified atom stereocenters. The van der Waals surface area contributed by atoms with Crippen LogP contribution in [0.1, 0.15) is 5.56 Å². The van der Waals surface area contributed by atoms with E-state index in [0.717, 1.165) is 24.3 Å². The Morgan fingerprint density at radius 1 is 0.654 bits per heavy atom. The van der Waals surface area contributed by atoms with Crippen molar-refractivity contribution < 1.29 is 17.6 Å². The van der Waals surface area contributed by atoms with Crippen molar-refractivity contribution in [3.8, 4) is 6.07 Å². The van der Waals surface area contributed by atoms with Crippen molar-refractivity contribution in [1.82, 2.24) is 0 Å². The lowest BCUT2D eigenvalue weighted by atomic mass is 9.92. The van der Waals surface area contributed by atoms with Crippen molar-refractivity contribution in [3.63, 3.8) is 0 Å². The van der Waals surface area contributed by atoms with Gasteiger partial charge in [0, 0.05) is 0 Å². The zero-order valence-electron chi connectivity index (χ0n) is 12.9. The molecule has 0 atom stereocenters. The van der Waals surface area contributed by atoms with E-state index < -0.39 is 23.3 Å². The average molecular weight is 350 g/mol. The molecule has 2 nitrogen and oxygen atoms in total. The van der Waals surface area contributed by atoms with Crippen LogP contribution in [0.15, 0.2) is 36.4 Å². The highest BCUT2D eigenvalue weighted by molar-refractivity contribution is 6.26. The van der Waals surface area contributed by atoms with Crippen molar-refractivity contribution in [2.24, 2.45) is 0 Å². The largest absolute Gasteiger partial charge is 0.237 e. The number of hydrogen-bond donors (Lipinski definition) is 0. The van der Waals surface area contributed by atoms with Crippen LogP contribution in [0.25, 0.3) is 37.2 Å². The molecule has 4 aromatic carbocycles. The van der Waals surface area contributed by atoms with Crippen molar-refractivity contribution in [3.05, 3.63) is 76.6 Å². The quantitative estimate of drug-likeness (QED) is 0.213. The van der Waals surface area contributed by atoms with Crippen molar-refractivity contribution in [2.75, 3.05) is 0 Å². The van der Waals surface area contributed by atoms with Crippen molar-refractivity contribution in [2.45, 2.75) is 0 Å². The van der Waals surface area contributed by atoms with Gasteiger partial charge >= 0.3 is 0 Å². The molecular weight excluding hydrogens is 344 g/mol. The fourth-order valence-corrected chi connectivity index (χ4v) is 3.20. The van der Waals surface area contributed by atoms with Crippen LogP contribution in [0.5, 0.6) is 0 Å². The first kappa shape index (κ1) is 15.9. The van der Waals surface area contributed by atoms with E-state index in [4.69, 9.17) is 6.57 Å². The highest BCUT2D eigenvalue weighted by Crippen LogP contribution is 2.39. The summed E-state index contributed by atoms with van der Waals surface area (Å²) in [6, 6.07) is 8.37. The molecule has 0 spiro atoms. The smallest absolute Gasteiger partial charge is 0.205 e. The summed E-state index contributed by atoms with van der Waals surface area (Å²) in [6.45, 7) is 7.20. The molecule has 4 aromatic rings. The van der Waals surface area contributed by atoms with Crippen LogP contribution >= 0.6 is 0 Å². The van der Waals surface area contributed by atoms with Crippen LogP contribution in [0.4, 0.5) is 23.2 Å². The van der Waals surface area contributed by atoms with E-state index in [1.807, 2.05) is 6.07 Å². The van der Waals surface area contributed by atoms with Crippen molar-refractivity contribution >= 4 is 38.0 Å². The Kier molecular flexibility index (Phi) is 3.32. The van der Waals surface area contributed by atoms with Gasteiger partial charge in [0.1, 0.15) is 0 Å². The van der Waals surface area contributed by atoms with Crippen LogP contribution in [0, 0.1) is 41.2 Å². The van der Waals surface area contributed by atoms with Gasteiger partial charge in [-0.2, -0.15) is 5.26 Å². The van der Waals surface area contributed by atoms with Gasteiger partial charge in [0.2, 0.25) is 5.69 Å². The van der Waals surface area contributed by atoms with E-state index in [1.165, 1.54) is 12.1 Å². The molecule has 124 valence electrons. The molecule has 0 bridgehead atoms. The number of fused-ring (bicyclic) bond motifs is 6. The molecule has 0 amide bonds. The Hall–Kier alpha value is -3.64. The third-order valence-corrected chi connectivity index (χ3v) is 4.37. The Morgan fingerprint density at radius 2 is 1.00 bits per heavy atom. The standard InChI is InChI=1S/C20H6F4N2/c1-26-20-7-15-10(2-9(20)8-25)11-3-16(21)17(22)4-12(11)13-5-18(23)19(24)6-14(13)15/h2-7H. The molecule has 0 saturated heterocycles. The highest BCUT2D eigenvalue weighted by atomic mass is 19.2. The second-order valence-corrected chi connectivity index (χ2v) is 5.76. The summed E-state index contributed by atoms with van der Waals surface area (Å²) in [7, 11) is 0. The molecule has 0 aromatic heterocycles. The number of benzene rings is 4.